The molecule has 0 unspecified atom stereocenters. The van der Waals surface area contributed by atoms with Crippen LogP contribution in [-0.4, -0.2) is 43.0 Å². The van der Waals surface area contributed by atoms with Crippen LogP contribution in [0, 0.1) is 0 Å². The molecule has 30 heavy (non-hydrogen) atoms. The molecule has 0 bridgehead atoms. The van der Waals surface area contributed by atoms with Crippen LogP contribution in [0.2, 0.25) is 0 Å². The second-order valence-corrected chi connectivity index (χ2v) is 8.13. The zero-order valence-electron chi connectivity index (χ0n) is 17.0. The summed E-state index contributed by atoms with van der Waals surface area (Å²) in [6, 6.07) is 15.4. The van der Waals surface area contributed by atoms with Crippen LogP contribution in [0.4, 0.5) is 5.69 Å². The third-order valence-electron chi connectivity index (χ3n) is 6.14. The van der Waals surface area contributed by atoms with Gasteiger partial charge in [-0.05, 0) is 49.4 Å². The van der Waals surface area contributed by atoms with Crippen LogP contribution in [0.1, 0.15) is 47.2 Å². The summed E-state index contributed by atoms with van der Waals surface area (Å²) in [6.07, 6.45) is 3.99. The third kappa shape index (κ3) is 3.20. The molecule has 0 aliphatic carbocycles. The highest BCUT2D eigenvalue weighted by Crippen LogP contribution is 2.46. The molecule has 3 aliphatic heterocycles. The quantitative estimate of drug-likeness (QED) is 0.783. The van der Waals surface area contributed by atoms with Crippen molar-refractivity contribution >= 4 is 17.5 Å². The number of likely N-dealkylation sites (tertiary alicyclic amines) is 1. The standard InChI is InChI=1S/C24H26N2O4/c27-22(25-12-5-2-6-13-25)19-10-11-21-20(16-19)24(29-14-7-15-30-24)23(28)26(21)17-18-8-3-1-4-9-18/h1,3-4,8-11,16H,2,5-7,12-15,17H2. The molecule has 2 aromatic rings. The van der Waals surface area contributed by atoms with Crippen molar-refractivity contribution in [3.05, 3.63) is 65.2 Å². The van der Waals surface area contributed by atoms with E-state index in [1.54, 1.807) is 11.0 Å². The first-order chi connectivity index (χ1) is 14.7. The van der Waals surface area contributed by atoms with Gasteiger partial charge in [-0.1, -0.05) is 30.3 Å². The van der Waals surface area contributed by atoms with Gasteiger partial charge in [0.05, 0.1) is 25.4 Å². The molecule has 5 rings (SSSR count). The van der Waals surface area contributed by atoms with Crippen LogP contribution in [0.25, 0.3) is 0 Å². The summed E-state index contributed by atoms with van der Waals surface area (Å²) in [6.45, 7) is 2.91. The Balaban J connectivity index is 1.53. The molecule has 0 N–H and O–H groups in total. The summed E-state index contributed by atoms with van der Waals surface area (Å²) in [5.41, 5.74) is 3.01. The summed E-state index contributed by atoms with van der Waals surface area (Å²) in [7, 11) is 0. The number of anilines is 1. The Bertz CT molecular complexity index is 947. The fourth-order valence-corrected chi connectivity index (χ4v) is 4.58. The van der Waals surface area contributed by atoms with E-state index in [0.29, 0.717) is 30.9 Å². The number of amides is 2. The largest absolute Gasteiger partial charge is 0.339 e. The lowest BCUT2D eigenvalue weighted by Crippen LogP contribution is -2.47. The number of hydrogen-bond acceptors (Lipinski definition) is 4. The third-order valence-corrected chi connectivity index (χ3v) is 6.14. The van der Waals surface area contributed by atoms with E-state index in [0.717, 1.165) is 43.6 Å². The SMILES string of the molecule is O=C(c1ccc2c(c1)C1(OCCCO1)C(=O)N2Cc1ccccc1)N1CCCCC1. The number of benzene rings is 2. The van der Waals surface area contributed by atoms with E-state index in [9.17, 15) is 9.59 Å². The highest BCUT2D eigenvalue weighted by atomic mass is 16.7. The van der Waals surface area contributed by atoms with Crippen LogP contribution in [0.15, 0.2) is 48.5 Å². The molecule has 6 heteroatoms. The van der Waals surface area contributed by atoms with Crippen LogP contribution in [0.3, 0.4) is 0 Å². The van der Waals surface area contributed by atoms with Gasteiger partial charge in [-0.15, -0.1) is 0 Å². The van der Waals surface area contributed by atoms with Crippen molar-refractivity contribution in [2.24, 2.45) is 0 Å². The lowest BCUT2D eigenvalue weighted by atomic mass is 10.0. The van der Waals surface area contributed by atoms with Gasteiger partial charge in [-0.3, -0.25) is 9.59 Å². The zero-order valence-corrected chi connectivity index (χ0v) is 17.0. The van der Waals surface area contributed by atoms with E-state index in [1.807, 2.05) is 47.4 Å². The van der Waals surface area contributed by atoms with Crippen LogP contribution in [0.5, 0.6) is 0 Å². The molecule has 6 nitrogen and oxygen atoms in total. The smallest absolute Gasteiger partial charge is 0.292 e. The van der Waals surface area contributed by atoms with Crippen LogP contribution in [-0.2, 0) is 26.6 Å². The number of carbonyl (C=O) groups is 2. The first-order valence-electron chi connectivity index (χ1n) is 10.8. The van der Waals surface area contributed by atoms with Gasteiger partial charge in [-0.25, -0.2) is 0 Å². The predicted molar refractivity (Wildman–Crippen MR) is 112 cm³/mol. The molecule has 0 atom stereocenters. The average molecular weight is 406 g/mol. The van der Waals surface area contributed by atoms with Gasteiger partial charge in [0.25, 0.3) is 17.6 Å². The molecule has 2 fully saturated rings. The first kappa shape index (κ1) is 19.3. The van der Waals surface area contributed by atoms with E-state index >= 15 is 0 Å². The molecule has 3 aliphatic rings. The number of rotatable bonds is 3. The highest BCUT2D eigenvalue weighted by Gasteiger charge is 2.55. The Hall–Kier alpha value is -2.70. The molecule has 1 spiro atoms. The van der Waals surface area contributed by atoms with Gasteiger partial charge >= 0.3 is 0 Å². The molecule has 0 aromatic heterocycles. The Morgan fingerprint density at radius 2 is 1.67 bits per heavy atom. The molecule has 2 aromatic carbocycles. The summed E-state index contributed by atoms with van der Waals surface area (Å²) in [5.74, 6) is -1.65. The summed E-state index contributed by atoms with van der Waals surface area (Å²) in [5, 5.41) is 0. The number of fused-ring (bicyclic) bond motifs is 2. The van der Waals surface area contributed by atoms with Crippen molar-refractivity contribution in [2.45, 2.75) is 38.0 Å². The van der Waals surface area contributed by atoms with Gasteiger partial charge in [0.15, 0.2) is 0 Å². The number of ether oxygens (including phenoxy) is 2. The lowest BCUT2D eigenvalue weighted by molar-refractivity contribution is -0.256. The van der Waals surface area contributed by atoms with Crippen LogP contribution < -0.4 is 4.90 Å². The Morgan fingerprint density at radius 3 is 2.40 bits per heavy atom. The fourth-order valence-electron chi connectivity index (χ4n) is 4.58. The maximum absolute atomic E-state index is 13.5. The van der Waals surface area contributed by atoms with Gasteiger partial charge < -0.3 is 19.3 Å². The predicted octanol–water partition coefficient (Wildman–Crippen LogP) is 3.45. The molecule has 156 valence electrons. The minimum atomic E-state index is -1.44. The van der Waals surface area contributed by atoms with E-state index < -0.39 is 5.79 Å². The van der Waals surface area contributed by atoms with Crippen LogP contribution >= 0.6 is 0 Å². The minimum absolute atomic E-state index is 0.0115. The van der Waals surface area contributed by atoms with Crippen molar-refractivity contribution in [3.63, 3.8) is 0 Å². The number of carbonyl (C=O) groups excluding carboxylic acids is 2. The summed E-state index contributed by atoms with van der Waals surface area (Å²) in [4.78, 5) is 30.2. The zero-order chi connectivity index (χ0) is 20.6. The van der Waals surface area contributed by atoms with Crippen molar-refractivity contribution in [1.82, 2.24) is 4.90 Å². The first-order valence-corrected chi connectivity index (χ1v) is 10.8. The van der Waals surface area contributed by atoms with Gasteiger partial charge in [-0.2, -0.15) is 0 Å². The normalized spacial score (nSPS) is 20.5. The highest BCUT2D eigenvalue weighted by molar-refractivity contribution is 6.07. The Labute approximate surface area is 176 Å². The lowest BCUT2D eigenvalue weighted by Gasteiger charge is -2.33. The maximum Gasteiger partial charge on any atom is 0.292 e. The molecular formula is C24H26N2O4. The van der Waals surface area contributed by atoms with E-state index in [1.165, 1.54) is 6.42 Å². The summed E-state index contributed by atoms with van der Waals surface area (Å²) < 4.78 is 11.9. The van der Waals surface area contributed by atoms with E-state index in [4.69, 9.17) is 9.47 Å². The number of nitrogens with zero attached hydrogens (tertiary/aromatic N) is 2. The minimum Gasteiger partial charge on any atom is -0.339 e. The fraction of sp³-hybridized carbons (Fsp3) is 0.417. The molecule has 0 radical (unpaired) electrons. The van der Waals surface area contributed by atoms with Gasteiger partial charge in [0.2, 0.25) is 0 Å². The van der Waals surface area contributed by atoms with Gasteiger partial charge in [0.1, 0.15) is 0 Å². The topological polar surface area (TPSA) is 59.1 Å². The number of hydrogen-bond donors (Lipinski definition) is 0. The van der Waals surface area contributed by atoms with E-state index in [-0.39, 0.29) is 11.8 Å². The monoisotopic (exact) mass is 406 g/mol. The van der Waals surface area contributed by atoms with Crippen molar-refractivity contribution in [3.8, 4) is 0 Å². The van der Waals surface area contributed by atoms with Crippen molar-refractivity contribution < 1.29 is 19.1 Å². The molecule has 3 heterocycles. The second-order valence-electron chi connectivity index (χ2n) is 8.13. The maximum atomic E-state index is 13.5. The summed E-state index contributed by atoms with van der Waals surface area (Å²) >= 11 is 0. The molecule has 2 amide bonds. The molecular weight excluding hydrogens is 380 g/mol. The van der Waals surface area contributed by atoms with Crippen molar-refractivity contribution in [2.75, 3.05) is 31.2 Å². The Morgan fingerprint density at radius 1 is 0.933 bits per heavy atom. The molecule has 0 saturated carbocycles. The number of piperidine rings is 1. The van der Waals surface area contributed by atoms with Gasteiger partial charge in [0, 0.05) is 24.2 Å². The molecule has 2 saturated heterocycles. The average Bonchev–Trinajstić information content (AvgIpc) is 3.02. The van der Waals surface area contributed by atoms with E-state index in [2.05, 4.69) is 0 Å². The second kappa shape index (κ2) is 7.85. The Kier molecular flexibility index (Phi) is 5.05. The van der Waals surface area contributed by atoms with Crippen molar-refractivity contribution in [1.29, 1.82) is 0 Å².